The van der Waals surface area contributed by atoms with Gasteiger partial charge in [-0.15, -0.1) is 11.8 Å². The van der Waals surface area contributed by atoms with Gasteiger partial charge in [-0.3, -0.25) is 0 Å². The molecule has 0 aromatic heterocycles. The van der Waals surface area contributed by atoms with Crippen LogP contribution >= 0.6 is 11.8 Å². The molecule has 0 saturated carbocycles. The lowest BCUT2D eigenvalue weighted by Crippen LogP contribution is -2.29. The van der Waals surface area contributed by atoms with Crippen LogP contribution in [0.4, 0.5) is 0 Å². The molecule has 1 N–H and O–H groups in total. The molecule has 3 nitrogen and oxygen atoms in total. The summed E-state index contributed by atoms with van der Waals surface area (Å²) in [6.07, 6.45) is 5.97. The van der Waals surface area contributed by atoms with Gasteiger partial charge in [0.1, 0.15) is 0 Å². The summed E-state index contributed by atoms with van der Waals surface area (Å²) in [6, 6.07) is 7.80. The van der Waals surface area contributed by atoms with Crippen LogP contribution in [-0.4, -0.2) is 33.0 Å². The number of nitrogens with one attached hydrogen (secondary N) is 1. The van der Waals surface area contributed by atoms with Crippen LogP contribution in [0, 0.1) is 0 Å². The molecule has 1 rings (SSSR count). The number of hydrogen-bond donors (Lipinski definition) is 1. The molecule has 0 amide bonds. The van der Waals surface area contributed by atoms with Crippen molar-refractivity contribution in [2.75, 3.05) is 18.6 Å². The van der Waals surface area contributed by atoms with E-state index in [1.54, 1.807) is 23.9 Å². The summed E-state index contributed by atoms with van der Waals surface area (Å²) in [5.41, 5.74) is 0. The predicted molar refractivity (Wildman–Crippen MR) is 91.9 cm³/mol. The molecular weight excluding hydrogens is 302 g/mol. The number of rotatable bonds is 10. The second-order valence-corrected chi connectivity index (χ2v) is 8.48. The molecule has 0 aliphatic rings. The minimum Gasteiger partial charge on any atom is -0.314 e. The maximum absolute atomic E-state index is 11.4. The first-order chi connectivity index (χ1) is 9.97. The van der Waals surface area contributed by atoms with E-state index < -0.39 is 9.84 Å². The molecule has 1 unspecified atom stereocenters. The minimum absolute atomic E-state index is 0.390. The van der Waals surface area contributed by atoms with Gasteiger partial charge in [0.25, 0.3) is 0 Å². The molecule has 5 heteroatoms. The molecular formula is C16H27NO2S2. The molecule has 0 spiro atoms. The molecule has 1 aromatic rings. The van der Waals surface area contributed by atoms with Crippen LogP contribution in [0.2, 0.25) is 0 Å². The van der Waals surface area contributed by atoms with Crippen molar-refractivity contribution in [3.63, 3.8) is 0 Å². The van der Waals surface area contributed by atoms with E-state index >= 15 is 0 Å². The third-order valence-corrected chi connectivity index (χ3v) is 5.62. The van der Waals surface area contributed by atoms with Crippen molar-refractivity contribution in [2.24, 2.45) is 0 Å². The molecule has 0 bridgehead atoms. The average molecular weight is 330 g/mol. The first-order valence-electron chi connectivity index (χ1n) is 7.63. The second-order valence-electron chi connectivity index (χ2n) is 5.29. The van der Waals surface area contributed by atoms with Gasteiger partial charge in [-0.1, -0.05) is 13.8 Å². The van der Waals surface area contributed by atoms with Gasteiger partial charge in [-0.2, -0.15) is 0 Å². The monoisotopic (exact) mass is 329 g/mol. The molecule has 0 aliphatic heterocycles. The highest BCUT2D eigenvalue weighted by molar-refractivity contribution is 7.99. The molecule has 0 aliphatic carbocycles. The van der Waals surface area contributed by atoms with Crippen molar-refractivity contribution in [1.82, 2.24) is 5.32 Å². The third kappa shape index (κ3) is 7.34. The van der Waals surface area contributed by atoms with Crippen LogP contribution in [0.1, 0.15) is 39.5 Å². The molecule has 0 saturated heterocycles. The van der Waals surface area contributed by atoms with Crippen LogP contribution in [0.5, 0.6) is 0 Å². The smallest absolute Gasteiger partial charge is 0.175 e. The Kier molecular flexibility index (Phi) is 8.37. The fourth-order valence-electron chi connectivity index (χ4n) is 2.10. The highest BCUT2D eigenvalue weighted by Crippen LogP contribution is 2.21. The van der Waals surface area contributed by atoms with Crippen LogP contribution in [0.25, 0.3) is 0 Å². The molecule has 21 heavy (non-hydrogen) atoms. The lowest BCUT2D eigenvalue weighted by Gasteiger charge is -2.16. The maximum Gasteiger partial charge on any atom is 0.175 e. The summed E-state index contributed by atoms with van der Waals surface area (Å²) in [7, 11) is -3.09. The largest absolute Gasteiger partial charge is 0.314 e. The average Bonchev–Trinajstić information content (AvgIpc) is 2.46. The Bertz CT molecular complexity index is 498. The Balaban J connectivity index is 2.32. The van der Waals surface area contributed by atoms with E-state index in [1.807, 2.05) is 12.1 Å². The zero-order valence-corrected chi connectivity index (χ0v) is 14.9. The van der Waals surface area contributed by atoms with E-state index in [0.717, 1.165) is 17.2 Å². The Hall–Kier alpha value is -0.520. The fourth-order valence-corrected chi connectivity index (χ4v) is 3.61. The number of sulfone groups is 1. The Morgan fingerprint density at radius 1 is 1.19 bits per heavy atom. The summed E-state index contributed by atoms with van der Waals surface area (Å²) in [5, 5.41) is 3.57. The molecule has 120 valence electrons. The van der Waals surface area contributed by atoms with Gasteiger partial charge in [0.2, 0.25) is 0 Å². The van der Waals surface area contributed by atoms with Crippen LogP contribution in [-0.2, 0) is 9.84 Å². The number of benzene rings is 1. The van der Waals surface area contributed by atoms with Crippen molar-refractivity contribution in [3.8, 4) is 0 Å². The molecule has 1 aromatic carbocycles. The normalized spacial score (nSPS) is 13.3. The van der Waals surface area contributed by atoms with Crippen molar-refractivity contribution >= 4 is 21.6 Å². The molecule has 0 fully saturated rings. The van der Waals surface area contributed by atoms with Gasteiger partial charge < -0.3 is 5.32 Å². The first kappa shape index (κ1) is 18.5. The predicted octanol–water partition coefficient (Wildman–Crippen LogP) is 3.74. The van der Waals surface area contributed by atoms with Crippen LogP contribution in [0.3, 0.4) is 0 Å². The zero-order valence-electron chi connectivity index (χ0n) is 13.3. The number of hydrogen-bond acceptors (Lipinski definition) is 4. The highest BCUT2D eigenvalue weighted by atomic mass is 32.2. The summed E-state index contributed by atoms with van der Waals surface area (Å²) in [6.45, 7) is 5.51. The van der Waals surface area contributed by atoms with E-state index in [2.05, 4.69) is 19.2 Å². The minimum atomic E-state index is -3.09. The van der Waals surface area contributed by atoms with Crippen LogP contribution in [0.15, 0.2) is 34.1 Å². The van der Waals surface area contributed by atoms with Crippen molar-refractivity contribution in [2.45, 2.75) is 55.4 Å². The fraction of sp³-hybridized carbons (Fsp3) is 0.625. The van der Waals surface area contributed by atoms with Gasteiger partial charge in [0, 0.05) is 17.2 Å². The summed E-state index contributed by atoms with van der Waals surface area (Å²) in [5.74, 6) is 1.07. The van der Waals surface area contributed by atoms with Crippen molar-refractivity contribution in [1.29, 1.82) is 0 Å². The maximum atomic E-state index is 11.4. The van der Waals surface area contributed by atoms with Gasteiger partial charge in [0.15, 0.2) is 9.84 Å². The quantitative estimate of drug-likeness (QED) is 0.525. The first-order valence-corrected chi connectivity index (χ1v) is 10.5. The molecule has 1 atom stereocenters. The van der Waals surface area contributed by atoms with Gasteiger partial charge >= 0.3 is 0 Å². The van der Waals surface area contributed by atoms with E-state index in [4.69, 9.17) is 0 Å². The topological polar surface area (TPSA) is 46.2 Å². The Morgan fingerprint density at radius 3 is 2.38 bits per heavy atom. The third-order valence-electron chi connectivity index (χ3n) is 3.39. The van der Waals surface area contributed by atoms with E-state index in [-0.39, 0.29) is 0 Å². The van der Waals surface area contributed by atoms with E-state index in [1.165, 1.54) is 31.9 Å². The summed E-state index contributed by atoms with van der Waals surface area (Å²) < 4.78 is 22.8. The van der Waals surface area contributed by atoms with Gasteiger partial charge in [-0.25, -0.2) is 8.42 Å². The molecule has 0 radical (unpaired) electrons. The van der Waals surface area contributed by atoms with Gasteiger partial charge in [0.05, 0.1) is 4.90 Å². The summed E-state index contributed by atoms with van der Waals surface area (Å²) >= 11 is 1.79. The Morgan fingerprint density at radius 2 is 1.86 bits per heavy atom. The lowest BCUT2D eigenvalue weighted by molar-refractivity contribution is 0.465. The second kappa shape index (κ2) is 9.49. The SMILES string of the molecule is CCCNC(CC)CCCSc1ccc(S(C)(=O)=O)cc1. The van der Waals surface area contributed by atoms with Crippen molar-refractivity contribution < 1.29 is 8.42 Å². The highest BCUT2D eigenvalue weighted by Gasteiger charge is 2.07. The van der Waals surface area contributed by atoms with Crippen LogP contribution < -0.4 is 5.32 Å². The van der Waals surface area contributed by atoms with E-state index in [9.17, 15) is 8.42 Å². The number of thioether (sulfide) groups is 1. The van der Waals surface area contributed by atoms with E-state index in [0.29, 0.717) is 10.9 Å². The lowest BCUT2D eigenvalue weighted by atomic mass is 10.1. The summed E-state index contributed by atoms with van der Waals surface area (Å²) in [4.78, 5) is 1.53. The van der Waals surface area contributed by atoms with Gasteiger partial charge in [-0.05, 0) is 62.2 Å². The Labute approximate surface area is 133 Å². The van der Waals surface area contributed by atoms with Crippen molar-refractivity contribution in [3.05, 3.63) is 24.3 Å². The standard InChI is InChI=1S/C16H27NO2S2/c1-4-12-17-14(5-2)7-6-13-20-15-8-10-16(11-9-15)21(3,18)19/h8-11,14,17H,4-7,12-13H2,1-3H3. The zero-order chi connectivity index (χ0) is 15.7. The molecule has 0 heterocycles.